The SMILES string of the molecule is CO[C@H]1C[C@H](Cc2c(C)[nH]c3ccccc23)N(Cc2ccc(C=CC(=O)NO)cc2)C1. The molecule has 162 valence electrons. The number of H-pyrrole nitrogens is 1. The van der Waals surface area contributed by atoms with E-state index in [1.54, 1.807) is 18.7 Å². The van der Waals surface area contributed by atoms with Gasteiger partial charge in [-0.1, -0.05) is 42.5 Å². The molecule has 6 heteroatoms. The second-order valence-corrected chi connectivity index (χ2v) is 8.21. The van der Waals surface area contributed by atoms with Crippen molar-refractivity contribution in [3.63, 3.8) is 0 Å². The van der Waals surface area contributed by atoms with Gasteiger partial charge in [-0.25, -0.2) is 5.48 Å². The Morgan fingerprint density at radius 3 is 2.77 bits per heavy atom. The number of fused-ring (bicyclic) bond motifs is 1. The number of hydroxylamine groups is 1. The molecule has 6 nitrogen and oxygen atoms in total. The van der Waals surface area contributed by atoms with E-state index in [1.165, 1.54) is 33.8 Å². The number of benzene rings is 2. The predicted molar refractivity (Wildman–Crippen MR) is 122 cm³/mol. The summed E-state index contributed by atoms with van der Waals surface area (Å²) in [5.41, 5.74) is 7.56. The van der Waals surface area contributed by atoms with Gasteiger partial charge in [0.15, 0.2) is 0 Å². The molecule has 3 N–H and O–H groups in total. The number of nitrogens with one attached hydrogen (secondary N) is 2. The number of methoxy groups -OCH3 is 1. The number of likely N-dealkylation sites (tertiary alicyclic amines) is 1. The van der Waals surface area contributed by atoms with Crippen molar-refractivity contribution in [3.8, 4) is 0 Å². The second-order valence-electron chi connectivity index (χ2n) is 8.21. The Balaban J connectivity index is 1.49. The van der Waals surface area contributed by atoms with E-state index in [0.717, 1.165) is 31.5 Å². The first-order chi connectivity index (χ1) is 15.1. The van der Waals surface area contributed by atoms with Crippen molar-refractivity contribution in [2.45, 2.75) is 38.5 Å². The van der Waals surface area contributed by atoms with Crippen molar-refractivity contribution < 1.29 is 14.7 Å². The molecule has 3 aromatic rings. The zero-order valence-corrected chi connectivity index (χ0v) is 18.0. The van der Waals surface area contributed by atoms with E-state index in [2.05, 4.69) is 53.2 Å². The van der Waals surface area contributed by atoms with E-state index >= 15 is 0 Å². The summed E-state index contributed by atoms with van der Waals surface area (Å²) in [6, 6.07) is 17.1. The van der Waals surface area contributed by atoms with Crippen LogP contribution >= 0.6 is 0 Å². The smallest absolute Gasteiger partial charge is 0.267 e. The van der Waals surface area contributed by atoms with Crippen LogP contribution in [0.15, 0.2) is 54.6 Å². The number of rotatable bonds is 7. The normalized spacial score (nSPS) is 19.5. The molecule has 1 aliphatic heterocycles. The van der Waals surface area contributed by atoms with Crippen molar-refractivity contribution in [2.75, 3.05) is 13.7 Å². The van der Waals surface area contributed by atoms with Crippen LogP contribution in [0.1, 0.15) is 28.8 Å². The second kappa shape index (κ2) is 9.47. The summed E-state index contributed by atoms with van der Waals surface area (Å²) < 4.78 is 5.71. The van der Waals surface area contributed by atoms with Crippen LogP contribution in [0.5, 0.6) is 0 Å². The minimum Gasteiger partial charge on any atom is -0.380 e. The summed E-state index contributed by atoms with van der Waals surface area (Å²) >= 11 is 0. The van der Waals surface area contributed by atoms with Crippen LogP contribution in [0.25, 0.3) is 17.0 Å². The maximum atomic E-state index is 11.1. The summed E-state index contributed by atoms with van der Waals surface area (Å²) in [5.74, 6) is -0.540. The minimum atomic E-state index is -0.540. The zero-order valence-electron chi connectivity index (χ0n) is 18.0. The topological polar surface area (TPSA) is 77.6 Å². The number of nitrogens with zero attached hydrogens (tertiary/aromatic N) is 1. The summed E-state index contributed by atoms with van der Waals surface area (Å²) in [6.07, 6.45) is 5.24. The van der Waals surface area contributed by atoms with Crippen LogP contribution in [0.3, 0.4) is 0 Å². The fourth-order valence-electron chi connectivity index (χ4n) is 4.53. The highest BCUT2D eigenvalue weighted by Crippen LogP contribution is 2.30. The Morgan fingerprint density at radius 2 is 2.03 bits per heavy atom. The first-order valence-corrected chi connectivity index (χ1v) is 10.6. The van der Waals surface area contributed by atoms with Gasteiger partial charge in [0.05, 0.1) is 6.10 Å². The van der Waals surface area contributed by atoms with Crippen LogP contribution in [0, 0.1) is 6.92 Å². The fraction of sp³-hybridized carbons (Fsp3) is 0.320. The van der Waals surface area contributed by atoms with Gasteiger partial charge in [-0.2, -0.15) is 0 Å². The Kier molecular flexibility index (Phi) is 6.51. The molecule has 0 radical (unpaired) electrons. The van der Waals surface area contributed by atoms with Gasteiger partial charge in [0.1, 0.15) is 0 Å². The Hall–Kier alpha value is -2.93. The molecule has 2 heterocycles. The van der Waals surface area contributed by atoms with E-state index in [9.17, 15) is 4.79 Å². The van der Waals surface area contributed by atoms with Gasteiger partial charge in [-0.15, -0.1) is 0 Å². The molecule has 1 saturated heterocycles. The van der Waals surface area contributed by atoms with Crippen LogP contribution in [-0.2, 0) is 22.5 Å². The first kappa shape index (κ1) is 21.3. The molecule has 2 atom stereocenters. The van der Waals surface area contributed by atoms with Crippen LogP contribution in [0.4, 0.5) is 0 Å². The zero-order chi connectivity index (χ0) is 21.8. The third-order valence-electron chi connectivity index (χ3n) is 6.19. The van der Waals surface area contributed by atoms with Crippen molar-refractivity contribution >= 4 is 22.9 Å². The quantitative estimate of drug-likeness (QED) is 0.309. The van der Waals surface area contributed by atoms with E-state index in [-0.39, 0.29) is 6.10 Å². The lowest BCUT2D eigenvalue weighted by atomic mass is 10.00. The molecule has 0 bridgehead atoms. The number of para-hydroxylation sites is 1. The molecule has 0 spiro atoms. The lowest BCUT2D eigenvalue weighted by Crippen LogP contribution is -2.31. The highest BCUT2D eigenvalue weighted by molar-refractivity contribution is 5.90. The highest BCUT2D eigenvalue weighted by Gasteiger charge is 2.33. The Labute approximate surface area is 182 Å². The van der Waals surface area contributed by atoms with Gasteiger partial charge in [-0.05, 0) is 48.6 Å². The summed E-state index contributed by atoms with van der Waals surface area (Å²) in [4.78, 5) is 17.2. The van der Waals surface area contributed by atoms with Gasteiger partial charge in [0.2, 0.25) is 0 Å². The van der Waals surface area contributed by atoms with E-state index in [4.69, 9.17) is 9.94 Å². The van der Waals surface area contributed by atoms with Gasteiger partial charge >= 0.3 is 0 Å². The summed E-state index contributed by atoms with van der Waals surface area (Å²) in [6.45, 7) is 3.93. The Bertz CT molecular complexity index is 1070. The maximum Gasteiger partial charge on any atom is 0.267 e. The number of carbonyl (C=O) groups excluding carboxylic acids is 1. The molecule has 0 saturated carbocycles. The third-order valence-corrected chi connectivity index (χ3v) is 6.19. The lowest BCUT2D eigenvalue weighted by Gasteiger charge is -2.24. The number of aromatic nitrogens is 1. The molecule has 4 rings (SSSR count). The molecule has 1 aromatic heterocycles. The molecule has 0 unspecified atom stereocenters. The largest absolute Gasteiger partial charge is 0.380 e. The number of amides is 1. The molecule has 2 aromatic carbocycles. The first-order valence-electron chi connectivity index (χ1n) is 10.6. The molecule has 1 fully saturated rings. The third kappa shape index (κ3) is 4.88. The van der Waals surface area contributed by atoms with Crippen molar-refractivity contribution in [1.29, 1.82) is 0 Å². The molecular formula is C25H29N3O3. The van der Waals surface area contributed by atoms with Crippen LogP contribution < -0.4 is 5.48 Å². The predicted octanol–water partition coefficient (Wildman–Crippen LogP) is 3.83. The molecule has 31 heavy (non-hydrogen) atoms. The lowest BCUT2D eigenvalue weighted by molar-refractivity contribution is -0.124. The highest BCUT2D eigenvalue weighted by atomic mass is 16.5. The molecule has 0 aliphatic carbocycles. The molecule has 1 amide bonds. The van der Waals surface area contributed by atoms with Crippen LogP contribution in [-0.4, -0.2) is 46.8 Å². The van der Waals surface area contributed by atoms with E-state index in [0.29, 0.717) is 6.04 Å². The number of hydrogen-bond acceptors (Lipinski definition) is 4. The van der Waals surface area contributed by atoms with Gasteiger partial charge < -0.3 is 9.72 Å². The average Bonchev–Trinajstić information content (AvgIpc) is 3.33. The summed E-state index contributed by atoms with van der Waals surface area (Å²) in [5, 5.41) is 9.89. The maximum absolute atomic E-state index is 11.1. The minimum absolute atomic E-state index is 0.245. The summed E-state index contributed by atoms with van der Waals surface area (Å²) in [7, 11) is 1.80. The van der Waals surface area contributed by atoms with Crippen molar-refractivity contribution in [2.24, 2.45) is 0 Å². The number of aromatic amines is 1. The number of aryl methyl sites for hydroxylation is 1. The molecule has 1 aliphatic rings. The average molecular weight is 420 g/mol. The number of hydrogen-bond donors (Lipinski definition) is 3. The van der Waals surface area contributed by atoms with Gasteiger partial charge in [0, 0.05) is 48.9 Å². The number of ether oxygens (including phenoxy) is 1. The van der Waals surface area contributed by atoms with E-state index in [1.807, 2.05) is 12.1 Å². The van der Waals surface area contributed by atoms with Crippen molar-refractivity contribution in [3.05, 3.63) is 77.0 Å². The number of carbonyl (C=O) groups is 1. The standard InChI is InChI=1S/C25H29N3O3/c1-17-23(22-5-3-4-6-24(22)26-17)14-20-13-21(31-2)16-28(20)15-19-9-7-18(8-10-19)11-12-25(29)27-30/h3-12,20-21,26,30H,13-16H2,1-2H3,(H,27,29)/t20-,21+/m1/s1. The van der Waals surface area contributed by atoms with Gasteiger partial charge in [0.25, 0.3) is 5.91 Å². The molecular weight excluding hydrogens is 390 g/mol. The fourth-order valence-corrected chi connectivity index (χ4v) is 4.53. The van der Waals surface area contributed by atoms with Gasteiger partial charge in [-0.3, -0.25) is 14.9 Å². The monoisotopic (exact) mass is 419 g/mol. The Morgan fingerprint density at radius 1 is 1.26 bits per heavy atom. The van der Waals surface area contributed by atoms with Crippen molar-refractivity contribution in [1.82, 2.24) is 15.4 Å². The van der Waals surface area contributed by atoms with E-state index < -0.39 is 5.91 Å². The van der Waals surface area contributed by atoms with Crippen LogP contribution in [0.2, 0.25) is 0 Å².